The third kappa shape index (κ3) is 4.45. The zero-order chi connectivity index (χ0) is 40.5. The molecule has 284 valence electrons. The normalized spacial score (nSPS) is 12.2. The molecule has 0 atom stereocenters. The number of hydrogen-bond acceptors (Lipinski definition) is 0. The van der Waals surface area contributed by atoms with Gasteiger partial charge in [0.2, 0.25) is 0 Å². The quantitative estimate of drug-likeness (QED) is 0.123. The highest BCUT2D eigenvalue weighted by molar-refractivity contribution is 6.45. The van der Waals surface area contributed by atoms with E-state index in [0.29, 0.717) is 0 Å². The van der Waals surface area contributed by atoms with E-state index >= 15 is 0 Å². The van der Waals surface area contributed by atoms with Gasteiger partial charge in [0, 0.05) is 0 Å². The predicted molar refractivity (Wildman–Crippen MR) is 268 cm³/mol. The second kappa shape index (κ2) is 12.7. The Bertz CT molecular complexity index is 4050. The van der Waals surface area contributed by atoms with Gasteiger partial charge < -0.3 is 0 Å². The maximum Gasteiger partial charge on any atom is -0.000719 e. The first-order valence-electron chi connectivity index (χ1n) is 21.7. The number of hydrogen-bond donors (Lipinski definition) is 0. The van der Waals surface area contributed by atoms with Crippen molar-refractivity contribution >= 4 is 97.0 Å². The molecular weight excluding hydrogens is 745 g/mol. The highest BCUT2D eigenvalue weighted by Crippen LogP contribution is 2.56. The molecule has 14 rings (SSSR count). The molecule has 0 amide bonds. The lowest BCUT2D eigenvalue weighted by Crippen LogP contribution is -1.91. The summed E-state index contributed by atoms with van der Waals surface area (Å²) < 4.78 is 0. The van der Waals surface area contributed by atoms with Crippen molar-refractivity contribution < 1.29 is 0 Å². The van der Waals surface area contributed by atoms with Crippen LogP contribution in [-0.2, 0) is 0 Å². The van der Waals surface area contributed by atoms with E-state index in [0.717, 1.165) is 0 Å². The average molecular weight is 781 g/mol. The van der Waals surface area contributed by atoms with Gasteiger partial charge in [-0.05, 0) is 148 Å². The van der Waals surface area contributed by atoms with E-state index in [9.17, 15) is 0 Å². The summed E-state index contributed by atoms with van der Waals surface area (Å²) >= 11 is 0. The monoisotopic (exact) mass is 780 g/mol. The van der Waals surface area contributed by atoms with Gasteiger partial charge in [-0.2, -0.15) is 0 Å². The van der Waals surface area contributed by atoms with Crippen LogP contribution < -0.4 is 0 Å². The molecule has 0 spiro atoms. The van der Waals surface area contributed by atoms with E-state index in [1.54, 1.807) is 0 Å². The van der Waals surface area contributed by atoms with Crippen molar-refractivity contribution in [3.05, 3.63) is 218 Å². The molecule has 0 saturated heterocycles. The summed E-state index contributed by atoms with van der Waals surface area (Å²) in [6, 6.07) is 81.7. The van der Waals surface area contributed by atoms with Crippen molar-refractivity contribution in [1.82, 2.24) is 0 Å². The van der Waals surface area contributed by atoms with Crippen LogP contribution >= 0.6 is 0 Å². The molecule has 0 heteroatoms. The SMILES string of the molecule is c1ccc(-c2c3ccccc3c(-c3ccc4c5c(-c6ccccc6)c6c(cc7c8ccccc8c8cccc6c87)c(-c6ccccc6)c5c5cccc3c54)c3ccccc23)cc1. The predicted octanol–water partition coefficient (Wildman–Crippen LogP) is 17.6. The Balaban J connectivity index is 1.21. The number of rotatable bonds is 4. The minimum Gasteiger partial charge on any atom is -0.0622 e. The lowest BCUT2D eigenvalue weighted by atomic mass is 9.83. The maximum absolute atomic E-state index is 2.53. The minimum atomic E-state index is 1.24. The Morgan fingerprint density at radius 2 is 0.548 bits per heavy atom. The summed E-state index contributed by atoms with van der Waals surface area (Å²) in [6.45, 7) is 0. The van der Waals surface area contributed by atoms with Crippen LogP contribution in [0, 0.1) is 0 Å². The molecule has 0 saturated carbocycles. The van der Waals surface area contributed by atoms with Gasteiger partial charge in [-0.1, -0.05) is 212 Å². The Morgan fingerprint density at radius 3 is 1.15 bits per heavy atom. The van der Waals surface area contributed by atoms with Crippen molar-refractivity contribution in [1.29, 1.82) is 0 Å². The first-order valence-corrected chi connectivity index (χ1v) is 21.7. The van der Waals surface area contributed by atoms with Crippen LogP contribution in [0.3, 0.4) is 0 Å². The van der Waals surface area contributed by atoms with Gasteiger partial charge in [-0.15, -0.1) is 0 Å². The zero-order valence-corrected chi connectivity index (χ0v) is 33.8. The standard InChI is InChI=1S/C62H36/c1-4-18-37(19-5-1)54-43-26-12-14-28-45(43)57(46-29-15-13-27-44(46)54)48-34-35-51-58-47(48)31-17-33-50(58)61-55(38-20-6-2-7-21-38)53-36-52-41-25-11-10-24-40(41)42-30-16-32-49(59(42)52)60(53)56(62(51)61)39-22-8-3-9-23-39/h1-36H. The molecule has 0 heterocycles. The third-order valence-electron chi connectivity index (χ3n) is 13.9. The van der Waals surface area contributed by atoms with E-state index in [4.69, 9.17) is 0 Å². The summed E-state index contributed by atoms with van der Waals surface area (Å²) in [5, 5.41) is 23.5. The highest BCUT2D eigenvalue weighted by atomic mass is 14.3. The van der Waals surface area contributed by atoms with Gasteiger partial charge >= 0.3 is 0 Å². The van der Waals surface area contributed by atoms with Gasteiger partial charge in [0.05, 0.1) is 0 Å². The van der Waals surface area contributed by atoms with Crippen molar-refractivity contribution in [3.8, 4) is 44.5 Å². The van der Waals surface area contributed by atoms with E-state index in [1.807, 2.05) is 0 Å². The molecule has 0 aromatic heterocycles. The number of fused-ring (bicyclic) bond motifs is 10. The van der Waals surface area contributed by atoms with E-state index in [1.165, 1.54) is 141 Å². The Morgan fingerprint density at radius 1 is 0.161 bits per heavy atom. The molecule has 0 aliphatic carbocycles. The van der Waals surface area contributed by atoms with Crippen molar-refractivity contribution in [2.45, 2.75) is 0 Å². The molecule has 62 heavy (non-hydrogen) atoms. The van der Waals surface area contributed by atoms with Crippen LogP contribution in [-0.4, -0.2) is 0 Å². The molecule has 0 fully saturated rings. The molecule has 0 nitrogen and oxygen atoms in total. The van der Waals surface area contributed by atoms with Crippen molar-refractivity contribution in [2.24, 2.45) is 0 Å². The van der Waals surface area contributed by atoms with E-state index in [2.05, 4.69) is 218 Å². The molecule has 0 aliphatic heterocycles. The Hall–Kier alpha value is -8.06. The van der Waals surface area contributed by atoms with Gasteiger partial charge in [0.1, 0.15) is 0 Å². The first kappa shape index (κ1) is 33.7. The lowest BCUT2D eigenvalue weighted by Gasteiger charge is -2.19. The summed E-state index contributed by atoms with van der Waals surface area (Å²) in [6.07, 6.45) is 0. The lowest BCUT2D eigenvalue weighted by molar-refractivity contribution is 1.67. The largest absolute Gasteiger partial charge is 0.0622 e. The molecule has 0 N–H and O–H groups in total. The zero-order valence-electron chi connectivity index (χ0n) is 33.8. The smallest absolute Gasteiger partial charge is 0.000719 e. The first-order chi connectivity index (χ1) is 30.8. The molecule has 14 aromatic carbocycles. The number of benzene rings is 12. The van der Waals surface area contributed by atoms with Crippen LogP contribution in [0.15, 0.2) is 218 Å². The molecule has 0 unspecified atom stereocenters. The molecule has 0 radical (unpaired) electrons. The third-order valence-corrected chi connectivity index (χ3v) is 13.9. The van der Waals surface area contributed by atoms with Crippen LogP contribution in [0.2, 0.25) is 0 Å². The van der Waals surface area contributed by atoms with Gasteiger partial charge in [-0.25, -0.2) is 0 Å². The average Bonchev–Trinajstić information content (AvgIpc) is 3.85. The van der Waals surface area contributed by atoms with Crippen LogP contribution in [0.4, 0.5) is 0 Å². The van der Waals surface area contributed by atoms with Crippen LogP contribution in [0.25, 0.3) is 141 Å². The fourth-order valence-corrected chi connectivity index (χ4v) is 11.6. The summed E-state index contributed by atoms with van der Waals surface area (Å²) in [4.78, 5) is 0. The minimum absolute atomic E-state index is 1.24. The summed E-state index contributed by atoms with van der Waals surface area (Å²) in [5.74, 6) is 0. The second-order valence-corrected chi connectivity index (χ2v) is 16.9. The molecule has 14 aromatic rings. The molecule has 0 aliphatic rings. The van der Waals surface area contributed by atoms with Crippen LogP contribution in [0.1, 0.15) is 0 Å². The summed E-state index contributed by atoms with van der Waals surface area (Å²) in [7, 11) is 0. The van der Waals surface area contributed by atoms with E-state index in [-0.39, 0.29) is 0 Å². The second-order valence-electron chi connectivity index (χ2n) is 16.9. The van der Waals surface area contributed by atoms with Gasteiger partial charge in [0.25, 0.3) is 0 Å². The van der Waals surface area contributed by atoms with Gasteiger partial charge in [-0.3, -0.25) is 0 Å². The van der Waals surface area contributed by atoms with Crippen LogP contribution in [0.5, 0.6) is 0 Å². The molecular formula is C62H36. The maximum atomic E-state index is 2.53. The fraction of sp³-hybridized carbons (Fsp3) is 0. The fourth-order valence-electron chi connectivity index (χ4n) is 11.6. The highest BCUT2D eigenvalue weighted by Gasteiger charge is 2.27. The van der Waals surface area contributed by atoms with Crippen molar-refractivity contribution in [3.63, 3.8) is 0 Å². The Kier molecular flexibility index (Phi) is 6.92. The van der Waals surface area contributed by atoms with Crippen molar-refractivity contribution in [2.75, 3.05) is 0 Å². The Labute approximate surface area is 358 Å². The van der Waals surface area contributed by atoms with Gasteiger partial charge in [0.15, 0.2) is 0 Å². The topological polar surface area (TPSA) is 0 Å². The summed E-state index contributed by atoms with van der Waals surface area (Å²) in [5.41, 5.74) is 10.2. The van der Waals surface area contributed by atoms with E-state index < -0.39 is 0 Å². The molecule has 0 bridgehead atoms.